The normalized spacial score (nSPS) is 10.5. The number of benzene rings is 1. The van der Waals surface area contributed by atoms with Crippen molar-refractivity contribution < 1.29 is 14.3 Å². The van der Waals surface area contributed by atoms with Gasteiger partial charge in [-0.05, 0) is 37.1 Å². The predicted molar refractivity (Wildman–Crippen MR) is 100.0 cm³/mol. The minimum Gasteiger partial charge on any atom is -0.438 e. The number of nitrogens with one attached hydrogen (secondary N) is 2. The third kappa shape index (κ3) is 4.20. The first-order chi connectivity index (χ1) is 13.0. The van der Waals surface area contributed by atoms with Crippen LogP contribution in [0.3, 0.4) is 0 Å². The molecular formula is C20H20N4O3. The van der Waals surface area contributed by atoms with Gasteiger partial charge in [0, 0.05) is 25.2 Å². The summed E-state index contributed by atoms with van der Waals surface area (Å²) >= 11 is 0. The number of hydrogen-bond donors (Lipinski definition) is 2. The van der Waals surface area contributed by atoms with Crippen molar-refractivity contribution in [3.63, 3.8) is 0 Å². The number of nitrogens with zero attached hydrogens (tertiary/aromatic N) is 2. The van der Waals surface area contributed by atoms with Gasteiger partial charge in [-0.1, -0.05) is 24.3 Å². The predicted octanol–water partition coefficient (Wildman–Crippen LogP) is 3.35. The minimum atomic E-state index is -0.364. The Hall–Kier alpha value is -3.48. The molecule has 0 fully saturated rings. The lowest BCUT2D eigenvalue weighted by Crippen LogP contribution is -2.23. The van der Waals surface area contributed by atoms with Crippen molar-refractivity contribution >= 4 is 11.7 Å². The summed E-state index contributed by atoms with van der Waals surface area (Å²) in [5, 5.41) is 9.16. The van der Waals surface area contributed by atoms with E-state index in [2.05, 4.69) is 20.5 Å². The van der Waals surface area contributed by atoms with Crippen molar-refractivity contribution in [1.82, 2.24) is 20.5 Å². The number of hydrogen-bond acceptors (Lipinski definition) is 5. The van der Waals surface area contributed by atoms with Crippen molar-refractivity contribution in [3.8, 4) is 11.6 Å². The maximum absolute atomic E-state index is 12.3. The van der Waals surface area contributed by atoms with E-state index >= 15 is 0 Å². The van der Waals surface area contributed by atoms with Gasteiger partial charge in [-0.15, -0.1) is 0 Å². The minimum absolute atomic E-state index is 0.207. The SMILES string of the molecule is CC(=O)c1cc(C(=O)NCc2cccnc2Oc2c(C)cccc2C)[nH]n1. The standard InChI is InChI=1S/C20H20N4O3/c1-12-6-4-7-13(2)18(12)27-20-15(8-5-9-21-20)11-22-19(26)17-10-16(14(3)25)23-24-17/h4-10H,11H2,1-3H3,(H,22,26)(H,23,24). The van der Waals surface area contributed by atoms with E-state index in [1.54, 1.807) is 12.3 Å². The van der Waals surface area contributed by atoms with E-state index in [-0.39, 0.29) is 29.6 Å². The van der Waals surface area contributed by atoms with Gasteiger partial charge in [0.1, 0.15) is 17.1 Å². The van der Waals surface area contributed by atoms with Crippen molar-refractivity contribution in [1.29, 1.82) is 0 Å². The van der Waals surface area contributed by atoms with Gasteiger partial charge < -0.3 is 10.1 Å². The van der Waals surface area contributed by atoms with Gasteiger partial charge in [0.15, 0.2) is 5.78 Å². The van der Waals surface area contributed by atoms with Gasteiger partial charge in [-0.25, -0.2) is 4.98 Å². The molecule has 0 unspecified atom stereocenters. The van der Waals surface area contributed by atoms with Crippen LogP contribution in [0, 0.1) is 13.8 Å². The Kier molecular flexibility index (Phi) is 5.30. The van der Waals surface area contributed by atoms with Crippen molar-refractivity contribution in [2.24, 2.45) is 0 Å². The van der Waals surface area contributed by atoms with Crippen LogP contribution in [0.2, 0.25) is 0 Å². The number of ether oxygens (including phenoxy) is 1. The number of carbonyl (C=O) groups is 2. The number of ketones is 1. The molecule has 138 valence electrons. The molecule has 0 spiro atoms. The molecule has 7 nitrogen and oxygen atoms in total. The number of aromatic nitrogens is 3. The number of carbonyl (C=O) groups excluding carboxylic acids is 2. The van der Waals surface area contributed by atoms with Crippen LogP contribution in [-0.2, 0) is 6.54 Å². The lowest BCUT2D eigenvalue weighted by Gasteiger charge is -2.14. The monoisotopic (exact) mass is 364 g/mol. The third-order valence-corrected chi connectivity index (χ3v) is 4.08. The summed E-state index contributed by atoms with van der Waals surface area (Å²) in [6.45, 7) is 5.56. The lowest BCUT2D eigenvalue weighted by molar-refractivity contribution is 0.0945. The highest BCUT2D eigenvalue weighted by atomic mass is 16.5. The molecule has 0 aliphatic heterocycles. The Morgan fingerprint density at radius 3 is 2.56 bits per heavy atom. The van der Waals surface area contributed by atoms with Crippen LogP contribution in [0.15, 0.2) is 42.6 Å². The van der Waals surface area contributed by atoms with Crippen LogP contribution in [-0.4, -0.2) is 26.9 Å². The molecule has 1 aromatic carbocycles. The second kappa shape index (κ2) is 7.82. The van der Waals surface area contributed by atoms with Crippen LogP contribution in [0.25, 0.3) is 0 Å². The van der Waals surface area contributed by atoms with Gasteiger partial charge in [0.2, 0.25) is 5.88 Å². The average Bonchev–Trinajstić information content (AvgIpc) is 3.14. The molecule has 0 bridgehead atoms. The first-order valence-corrected chi connectivity index (χ1v) is 8.48. The van der Waals surface area contributed by atoms with Crippen LogP contribution in [0.1, 0.15) is 44.6 Å². The number of aromatic amines is 1. The Bertz CT molecular complexity index is 974. The van der Waals surface area contributed by atoms with Crippen molar-refractivity contribution in [2.75, 3.05) is 0 Å². The first kappa shape index (κ1) is 18.3. The second-order valence-corrected chi connectivity index (χ2v) is 6.20. The van der Waals surface area contributed by atoms with E-state index in [1.807, 2.05) is 38.1 Å². The first-order valence-electron chi connectivity index (χ1n) is 8.48. The molecule has 3 rings (SSSR count). The van der Waals surface area contributed by atoms with Gasteiger partial charge in [0.25, 0.3) is 5.91 Å². The maximum atomic E-state index is 12.3. The average molecular weight is 364 g/mol. The Morgan fingerprint density at radius 2 is 1.89 bits per heavy atom. The van der Waals surface area contributed by atoms with Gasteiger partial charge in [-0.3, -0.25) is 14.7 Å². The smallest absolute Gasteiger partial charge is 0.269 e. The fourth-order valence-electron chi connectivity index (χ4n) is 2.60. The van der Waals surface area contributed by atoms with E-state index in [0.29, 0.717) is 5.88 Å². The van der Waals surface area contributed by atoms with Crippen LogP contribution >= 0.6 is 0 Å². The van der Waals surface area contributed by atoms with Crippen LogP contribution in [0.4, 0.5) is 0 Å². The highest BCUT2D eigenvalue weighted by Crippen LogP contribution is 2.29. The Balaban J connectivity index is 1.74. The molecule has 27 heavy (non-hydrogen) atoms. The fraction of sp³-hybridized carbons (Fsp3) is 0.200. The van der Waals surface area contributed by atoms with Crippen molar-refractivity contribution in [3.05, 3.63) is 70.7 Å². The number of rotatable bonds is 6. The van der Waals surface area contributed by atoms with Gasteiger partial charge in [0.05, 0.1) is 0 Å². The van der Waals surface area contributed by atoms with E-state index < -0.39 is 0 Å². The largest absolute Gasteiger partial charge is 0.438 e. The second-order valence-electron chi connectivity index (χ2n) is 6.20. The highest BCUT2D eigenvalue weighted by molar-refractivity contribution is 5.97. The van der Waals surface area contributed by atoms with E-state index in [4.69, 9.17) is 4.74 Å². The number of aryl methyl sites for hydroxylation is 2. The topological polar surface area (TPSA) is 97.0 Å². The molecule has 7 heteroatoms. The lowest BCUT2D eigenvalue weighted by atomic mass is 10.1. The molecule has 2 heterocycles. The molecule has 0 saturated heterocycles. The fourth-order valence-corrected chi connectivity index (χ4v) is 2.60. The van der Waals surface area contributed by atoms with Gasteiger partial charge in [-0.2, -0.15) is 5.10 Å². The molecular weight excluding hydrogens is 344 g/mol. The number of H-pyrrole nitrogens is 1. The Morgan fingerprint density at radius 1 is 1.15 bits per heavy atom. The maximum Gasteiger partial charge on any atom is 0.269 e. The molecule has 0 saturated carbocycles. The van der Waals surface area contributed by atoms with E-state index in [1.165, 1.54) is 13.0 Å². The summed E-state index contributed by atoms with van der Waals surface area (Å²) in [6, 6.07) is 11.0. The summed E-state index contributed by atoms with van der Waals surface area (Å²) in [4.78, 5) is 27.9. The van der Waals surface area contributed by atoms with Crippen LogP contribution in [0.5, 0.6) is 11.6 Å². The molecule has 0 aliphatic rings. The number of pyridine rings is 1. The molecule has 2 N–H and O–H groups in total. The summed E-state index contributed by atoms with van der Waals surface area (Å²) in [5.41, 5.74) is 3.19. The molecule has 3 aromatic rings. The zero-order valence-electron chi connectivity index (χ0n) is 15.4. The van der Waals surface area contributed by atoms with Crippen molar-refractivity contribution in [2.45, 2.75) is 27.3 Å². The number of amides is 1. The highest BCUT2D eigenvalue weighted by Gasteiger charge is 2.14. The molecule has 1 amide bonds. The molecule has 0 aliphatic carbocycles. The molecule has 0 radical (unpaired) electrons. The Labute approximate surface area is 156 Å². The summed E-state index contributed by atoms with van der Waals surface area (Å²) in [6.07, 6.45) is 1.64. The molecule has 0 atom stereocenters. The van der Waals surface area contributed by atoms with Crippen LogP contribution < -0.4 is 10.1 Å². The van der Waals surface area contributed by atoms with E-state index in [0.717, 1.165) is 22.4 Å². The summed E-state index contributed by atoms with van der Waals surface area (Å²) in [5.74, 6) is 0.617. The molecule has 2 aromatic heterocycles. The summed E-state index contributed by atoms with van der Waals surface area (Å²) in [7, 11) is 0. The number of para-hydroxylation sites is 1. The van der Waals surface area contributed by atoms with E-state index in [9.17, 15) is 9.59 Å². The van der Waals surface area contributed by atoms with Gasteiger partial charge >= 0.3 is 0 Å². The summed E-state index contributed by atoms with van der Waals surface area (Å²) < 4.78 is 6.02. The zero-order valence-corrected chi connectivity index (χ0v) is 15.4. The zero-order chi connectivity index (χ0) is 19.4. The number of Topliss-reactive ketones (excluding diaryl/α,β-unsaturated/α-hetero) is 1. The quantitative estimate of drug-likeness (QED) is 0.654. The third-order valence-electron chi connectivity index (χ3n) is 4.08.